The average Bonchev–Trinajstić information content (AvgIpc) is 3.54. The summed E-state index contributed by atoms with van der Waals surface area (Å²) >= 11 is 0. The van der Waals surface area contributed by atoms with Gasteiger partial charge in [0, 0.05) is 44.1 Å². The molecule has 2 atom stereocenters. The number of ether oxygens (including phenoxy) is 1. The predicted octanol–water partition coefficient (Wildman–Crippen LogP) is 2.98. The van der Waals surface area contributed by atoms with Crippen LogP contribution in [-0.2, 0) is 4.74 Å². The van der Waals surface area contributed by atoms with Crippen LogP contribution in [0, 0.1) is 28.9 Å². The van der Waals surface area contributed by atoms with Gasteiger partial charge in [0.05, 0.1) is 23.4 Å². The van der Waals surface area contributed by atoms with Crippen molar-refractivity contribution in [2.75, 3.05) is 31.7 Å². The van der Waals surface area contributed by atoms with Crippen molar-refractivity contribution in [3.63, 3.8) is 0 Å². The summed E-state index contributed by atoms with van der Waals surface area (Å²) in [7, 11) is 1.57. The maximum atomic E-state index is 14.1. The number of carbonyl (C=O) groups is 1. The molecule has 1 aromatic heterocycles. The van der Waals surface area contributed by atoms with E-state index in [9.17, 15) is 18.8 Å². The molecule has 0 spiro atoms. The lowest BCUT2D eigenvalue weighted by molar-refractivity contribution is 0.0936. The number of halogens is 2. The number of hydrogen-bond donors (Lipinski definition) is 2. The SMILES string of the molecule is COC[C@]1(N)CCN(c2c(C(=O)NC(C)C3CC3)cnc(C#N)c2-c2cc(F)cc(F)c2)C1. The van der Waals surface area contributed by atoms with Crippen LogP contribution in [0.25, 0.3) is 11.1 Å². The Bertz CT molecular complexity index is 1090. The van der Waals surface area contributed by atoms with Gasteiger partial charge < -0.3 is 20.7 Å². The van der Waals surface area contributed by atoms with Crippen LogP contribution >= 0.6 is 0 Å². The van der Waals surface area contributed by atoms with Crippen LogP contribution in [0.4, 0.5) is 14.5 Å². The number of carbonyl (C=O) groups excluding carboxylic acids is 1. The molecule has 1 amide bonds. The smallest absolute Gasteiger partial charge is 0.255 e. The van der Waals surface area contributed by atoms with Crippen LogP contribution in [0.5, 0.6) is 0 Å². The van der Waals surface area contributed by atoms with Gasteiger partial charge in [0.1, 0.15) is 23.4 Å². The Balaban J connectivity index is 1.86. The number of benzene rings is 1. The summed E-state index contributed by atoms with van der Waals surface area (Å²) in [5.41, 5.74) is 6.79. The number of aromatic nitrogens is 1. The fourth-order valence-electron chi connectivity index (χ4n) is 4.54. The van der Waals surface area contributed by atoms with Crippen molar-refractivity contribution in [3.05, 3.63) is 47.3 Å². The molecule has 1 unspecified atom stereocenters. The minimum absolute atomic E-state index is 0.0169. The summed E-state index contributed by atoms with van der Waals surface area (Å²) in [6.45, 7) is 3.09. The van der Waals surface area contributed by atoms with Crippen LogP contribution in [0.2, 0.25) is 0 Å². The molecule has 3 N–H and O–H groups in total. The summed E-state index contributed by atoms with van der Waals surface area (Å²) in [5, 5.41) is 12.8. The summed E-state index contributed by atoms with van der Waals surface area (Å²) < 4.78 is 33.5. The minimum Gasteiger partial charge on any atom is -0.383 e. The summed E-state index contributed by atoms with van der Waals surface area (Å²) in [6, 6.07) is 5.03. The molecule has 0 radical (unpaired) electrons. The quantitative estimate of drug-likeness (QED) is 0.665. The van der Waals surface area contributed by atoms with E-state index >= 15 is 0 Å². The highest BCUT2D eigenvalue weighted by atomic mass is 19.1. The summed E-state index contributed by atoms with van der Waals surface area (Å²) in [6.07, 6.45) is 4.07. The van der Waals surface area contributed by atoms with E-state index in [2.05, 4.69) is 10.3 Å². The minimum atomic E-state index is -0.786. The molecule has 0 bridgehead atoms. The number of nitrogens with two attached hydrogens (primary N) is 1. The van der Waals surface area contributed by atoms with Gasteiger partial charge in [0.15, 0.2) is 0 Å². The zero-order valence-corrected chi connectivity index (χ0v) is 18.7. The number of nitrogens with one attached hydrogen (secondary N) is 1. The Labute approximate surface area is 191 Å². The third-order valence-corrected chi connectivity index (χ3v) is 6.37. The lowest BCUT2D eigenvalue weighted by Crippen LogP contribution is -2.47. The lowest BCUT2D eigenvalue weighted by atomic mass is 9.97. The maximum Gasteiger partial charge on any atom is 0.255 e. The number of rotatable bonds is 7. The lowest BCUT2D eigenvalue weighted by Gasteiger charge is -2.28. The number of pyridine rings is 1. The molecule has 33 heavy (non-hydrogen) atoms. The highest BCUT2D eigenvalue weighted by Crippen LogP contribution is 2.40. The first-order chi connectivity index (χ1) is 15.7. The van der Waals surface area contributed by atoms with Gasteiger partial charge >= 0.3 is 0 Å². The van der Waals surface area contributed by atoms with Crippen molar-refractivity contribution in [3.8, 4) is 17.2 Å². The van der Waals surface area contributed by atoms with Crippen molar-refractivity contribution in [2.24, 2.45) is 11.7 Å². The first kappa shape index (κ1) is 23.1. The molecule has 1 aliphatic heterocycles. The molecular weight excluding hydrogens is 428 g/mol. The number of anilines is 1. The second-order valence-electron chi connectivity index (χ2n) is 9.08. The number of nitriles is 1. The summed E-state index contributed by atoms with van der Waals surface area (Å²) in [5.74, 6) is -1.48. The predicted molar refractivity (Wildman–Crippen MR) is 120 cm³/mol. The Morgan fingerprint density at radius 1 is 1.39 bits per heavy atom. The molecule has 2 aromatic rings. The third-order valence-electron chi connectivity index (χ3n) is 6.37. The molecule has 1 aromatic carbocycles. The van der Waals surface area contributed by atoms with Gasteiger partial charge in [-0.2, -0.15) is 5.26 Å². The molecule has 1 saturated carbocycles. The normalized spacial score (nSPS) is 21.0. The van der Waals surface area contributed by atoms with E-state index in [1.54, 1.807) is 7.11 Å². The average molecular weight is 456 g/mol. The Hall–Kier alpha value is -3.09. The Morgan fingerprint density at radius 3 is 2.70 bits per heavy atom. The molecule has 9 heteroatoms. The van der Waals surface area contributed by atoms with E-state index in [0.29, 0.717) is 37.7 Å². The van der Waals surface area contributed by atoms with Crippen molar-refractivity contribution >= 4 is 11.6 Å². The van der Waals surface area contributed by atoms with Gasteiger partial charge in [-0.15, -0.1) is 0 Å². The van der Waals surface area contributed by atoms with Gasteiger partial charge in [-0.05, 0) is 49.8 Å². The largest absolute Gasteiger partial charge is 0.383 e. The standard InChI is InChI=1S/C24H27F2N5O2/c1-14(15-3-4-15)30-23(32)19-11-29-20(10-27)21(16-7-17(25)9-18(26)8-16)22(19)31-6-5-24(28,12-31)13-33-2/h7-9,11,14-15H,3-6,12-13,28H2,1-2H3,(H,30,32)/t14?,24-/m0/s1. The number of nitrogens with zero attached hydrogens (tertiary/aromatic N) is 3. The van der Waals surface area contributed by atoms with E-state index in [1.807, 2.05) is 17.9 Å². The molecule has 2 heterocycles. The number of hydrogen-bond acceptors (Lipinski definition) is 6. The fraction of sp³-hybridized carbons (Fsp3) is 0.458. The van der Waals surface area contributed by atoms with Gasteiger partial charge in [0.25, 0.3) is 5.91 Å². The molecule has 4 rings (SSSR count). The van der Waals surface area contributed by atoms with Crippen LogP contribution in [0.1, 0.15) is 42.2 Å². The van der Waals surface area contributed by atoms with Crippen molar-refractivity contribution < 1.29 is 18.3 Å². The van der Waals surface area contributed by atoms with Gasteiger partial charge in [-0.25, -0.2) is 13.8 Å². The van der Waals surface area contributed by atoms with E-state index in [-0.39, 0.29) is 34.3 Å². The third kappa shape index (κ3) is 4.82. The van der Waals surface area contributed by atoms with E-state index in [1.165, 1.54) is 6.20 Å². The van der Waals surface area contributed by atoms with E-state index in [4.69, 9.17) is 10.5 Å². The van der Waals surface area contributed by atoms with Gasteiger partial charge in [0.2, 0.25) is 0 Å². The van der Waals surface area contributed by atoms with Crippen LogP contribution in [0.15, 0.2) is 24.4 Å². The van der Waals surface area contributed by atoms with Crippen LogP contribution < -0.4 is 16.0 Å². The topological polar surface area (TPSA) is 104 Å². The molecule has 1 aliphatic carbocycles. The molecule has 7 nitrogen and oxygen atoms in total. The van der Waals surface area contributed by atoms with Gasteiger partial charge in [-0.3, -0.25) is 4.79 Å². The first-order valence-corrected chi connectivity index (χ1v) is 11.0. The van der Waals surface area contributed by atoms with Crippen LogP contribution in [-0.4, -0.2) is 49.3 Å². The number of methoxy groups -OCH3 is 1. The van der Waals surface area contributed by atoms with E-state index < -0.39 is 17.2 Å². The zero-order valence-electron chi connectivity index (χ0n) is 18.7. The monoisotopic (exact) mass is 455 g/mol. The van der Waals surface area contributed by atoms with Crippen LogP contribution in [0.3, 0.4) is 0 Å². The number of amides is 1. The first-order valence-electron chi connectivity index (χ1n) is 11.0. The molecule has 174 valence electrons. The van der Waals surface area contributed by atoms with Crippen molar-refractivity contribution in [1.29, 1.82) is 5.26 Å². The maximum absolute atomic E-state index is 14.1. The van der Waals surface area contributed by atoms with Crippen molar-refractivity contribution in [2.45, 2.75) is 37.8 Å². The fourth-order valence-corrected chi connectivity index (χ4v) is 4.54. The molecule has 1 saturated heterocycles. The molecule has 2 aliphatic rings. The molecular formula is C24H27F2N5O2. The second-order valence-corrected chi connectivity index (χ2v) is 9.08. The Kier molecular flexibility index (Phi) is 6.32. The van der Waals surface area contributed by atoms with E-state index in [0.717, 1.165) is 31.0 Å². The van der Waals surface area contributed by atoms with Gasteiger partial charge in [-0.1, -0.05) is 0 Å². The zero-order chi connectivity index (χ0) is 23.8. The Morgan fingerprint density at radius 2 is 2.09 bits per heavy atom. The van der Waals surface area contributed by atoms with Crippen molar-refractivity contribution in [1.82, 2.24) is 10.3 Å². The summed E-state index contributed by atoms with van der Waals surface area (Å²) in [4.78, 5) is 19.4. The highest BCUT2D eigenvalue weighted by molar-refractivity contribution is 6.04. The highest BCUT2D eigenvalue weighted by Gasteiger charge is 2.38. The molecule has 2 fully saturated rings. The second kappa shape index (κ2) is 9.04.